The molecule has 1 aliphatic heterocycles. The topological polar surface area (TPSA) is 76.0 Å². The third-order valence-electron chi connectivity index (χ3n) is 6.50. The summed E-state index contributed by atoms with van der Waals surface area (Å²) in [5, 5.41) is 5.74. The second-order valence-corrected chi connectivity index (χ2v) is 8.81. The van der Waals surface area contributed by atoms with Gasteiger partial charge in [-0.1, -0.05) is 29.8 Å². The van der Waals surface area contributed by atoms with Gasteiger partial charge in [0.2, 0.25) is 0 Å². The monoisotopic (exact) mass is 456 g/mol. The Labute approximate surface area is 203 Å². The number of fused-ring (bicyclic) bond motifs is 2. The smallest absolute Gasteiger partial charge is 0.138 e. The van der Waals surface area contributed by atoms with Crippen LogP contribution in [0, 0.1) is 13.8 Å². The maximum absolute atomic E-state index is 4.78. The van der Waals surface area contributed by atoms with Crippen molar-refractivity contribution in [3.8, 4) is 11.3 Å². The fourth-order valence-electron chi connectivity index (χ4n) is 4.62. The maximum Gasteiger partial charge on any atom is 0.138 e. The van der Waals surface area contributed by atoms with Crippen LogP contribution in [0.5, 0.6) is 0 Å². The summed E-state index contributed by atoms with van der Waals surface area (Å²) >= 11 is 0. The molecule has 0 radical (unpaired) electrons. The zero-order valence-corrected chi connectivity index (χ0v) is 19.7. The maximum atomic E-state index is 4.78. The van der Waals surface area contributed by atoms with Crippen molar-refractivity contribution in [2.24, 2.45) is 4.99 Å². The largest absolute Gasteiger partial charge is 0.340 e. The van der Waals surface area contributed by atoms with Gasteiger partial charge < -0.3 is 5.32 Å². The molecule has 6 heteroatoms. The van der Waals surface area contributed by atoms with E-state index >= 15 is 0 Å². The van der Waals surface area contributed by atoms with E-state index in [1.165, 1.54) is 16.7 Å². The fourth-order valence-corrected chi connectivity index (χ4v) is 4.62. The lowest BCUT2D eigenvalue weighted by molar-refractivity contribution is 1.05. The molecule has 0 fully saturated rings. The van der Waals surface area contributed by atoms with E-state index < -0.39 is 0 Å². The van der Waals surface area contributed by atoms with Gasteiger partial charge in [0.15, 0.2) is 0 Å². The summed E-state index contributed by atoms with van der Waals surface area (Å²) in [7, 11) is 0. The van der Waals surface area contributed by atoms with Crippen molar-refractivity contribution in [2.75, 3.05) is 5.32 Å². The number of anilines is 2. The summed E-state index contributed by atoms with van der Waals surface area (Å²) in [5.41, 5.74) is 9.30. The number of aliphatic imine (C=N–C) groups is 1. The molecule has 0 saturated heterocycles. The minimum Gasteiger partial charge on any atom is -0.340 e. The summed E-state index contributed by atoms with van der Waals surface area (Å²) in [4.78, 5) is 23.0. The van der Waals surface area contributed by atoms with Crippen LogP contribution in [0.25, 0.3) is 22.0 Å². The summed E-state index contributed by atoms with van der Waals surface area (Å²) in [5.74, 6) is 0.844. The summed E-state index contributed by atoms with van der Waals surface area (Å²) < 4.78 is 0. The molecule has 0 atom stereocenters. The number of aromatic nitrogens is 4. The van der Waals surface area contributed by atoms with Crippen LogP contribution in [-0.2, 0) is 12.8 Å². The number of rotatable bonds is 5. The highest BCUT2D eigenvalue weighted by Crippen LogP contribution is 2.36. The van der Waals surface area contributed by atoms with Crippen molar-refractivity contribution in [3.05, 3.63) is 101 Å². The first kappa shape index (κ1) is 21.1. The van der Waals surface area contributed by atoms with Crippen LogP contribution in [0.3, 0.4) is 0 Å². The Morgan fingerprint density at radius 3 is 2.60 bits per heavy atom. The molecule has 0 amide bonds. The van der Waals surface area contributed by atoms with E-state index in [0.29, 0.717) is 6.42 Å². The number of aryl methyl sites for hydroxylation is 2. The zero-order valence-electron chi connectivity index (χ0n) is 19.7. The third-order valence-corrected chi connectivity index (χ3v) is 6.50. The Bertz CT molecular complexity index is 1590. The minimum absolute atomic E-state index is 0.676. The molecule has 4 heterocycles. The molecule has 0 saturated carbocycles. The number of hydrogen-bond acceptors (Lipinski definition) is 6. The van der Waals surface area contributed by atoms with Crippen LogP contribution >= 0.6 is 0 Å². The molecular weight excluding hydrogens is 432 g/mol. The Hall–Kier alpha value is -4.45. The van der Waals surface area contributed by atoms with Crippen molar-refractivity contribution >= 4 is 34.2 Å². The molecule has 0 spiro atoms. The highest BCUT2D eigenvalue weighted by molar-refractivity contribution is 5.96. The van der Waals surface area contributed by atoms with Crippen LogP contribution in [0.2, 0.25) is 0 Å². The Morgan fingerprint density at radius 1 is 0.829 bits per heavy atom. The Kier molecular flexibility index (Phi) is 5.26. The van der Waals surface area contributed by atoms with E-state index in [9.17, 15) is 0 Å². The Balaban J connectivity index is 1.43. The molecule has 35 heavy (non-hydrogen) atoms. The first-order chi connectivity index (χ1) is 17.2. The first-order valence-electron chi connectivity index (χ1n) is 11.7. The predicted octanol–water partition coefficient (Wildman–Crippen LogP) is 6.30. The number of nitrogens with zero attached hydrogens (tertiary/aromatic N) is 5. The second-order valence-electron chi connectivity index (χ2n) is 8.81. The average molecular weight is 457 g/mol. The lowest BCUT2D eigenvalue weighted by Gasteiger charge is -2.15. The lowest BCUT2D eigenvalue weighted by atomic mass is 9.94. The van der Waals surface area contributed by atoms with Gasteiger partial charge in [0, 0.05) is 48.1 Å². The highest BCUT2D eigenvalue weighted by atomic mass is 15.0. The molecule has 5 aromatic rings. The quantitative estimate of drug-likeness (QED) is 0.336. The standard InChI is InChI=1S/C29H24N6/c1-18-5-8-20(9-6-18)35-29-22-10-7-19(2)24(21(22)11-14-32-29)16-26-23(4-3-13-30-26)27-28-25(12-15-31-28)33-17-34-27/h3-11,13-15,17H,12,16H2,1-2H3,(H,32,35). The van der Waals surface area contributed by atoms with Gasteiger partial charge in [-0.3, -0.25) is 9.98 Å². The van der Waals surface area contributed by atoms with Gasteiger partial charge in [0.25, 0.3) is 0 Å². The summed E-state index contributed by atoms with van der Waals surface area (Å²) in [6.07, 6.45) is 8.65. The van der Waals surface area contributed by atoms with E-state index in [2.05, 4.69) is 87.6 Å². The first-order valence-corrected chi connectivity index (χ1v) is 11.7. The predicted molar refractivity (Wildman–Crippen MR) is 141 cm³/mol. The highest BCUT2D eigenvalue weighted by Gasteiger charge is 2.19. The molecule has 1 aliphatic rings. The number of benzene rings is 2. The van der Waals surface area contributed by atoms with Crippen LogP contribution in [0.15, 0.2) is 78.3 Å². The zero-order chi connectivity index (χ0) is 23.8. The molecule has 6 nitrogen and oxygen atoms in total. The minimum atomic E-state index is 0.676. The van der Waals surface area contributed by atoms with Gasteiger partial charge in [-0.2, -0.15) is 0 Å². The van der Waals surface area contributed by atoms with Crippen LogP contribution in [0.1, 0.15) is 28.1 Å². The Morgan fingerprint density at radius 2 is 1.71 bits per heavy atom. The van der Waals surface area contributed by atoms with Crippen LogP contribution < -0.4 is 5.32 Å². The normalized spacial score (nSPS) is 12.2. The van der Waals surface area contributed by atoms with Crippen LogP contribution in [0.4, 0.5) is 17.2 Å². The van der Waals surface area contributed by atoms with E-state index in [1.54, 1.807) is 6.33 Å². The van der Waals surface area contributed by atoms with Gasteiger partial charge in [-0.15, -0.1) is 0 Å². The molecule has 3 aromatic heterocycles. The summed E-state index contributed by atoms with van der Waals surface area (Å²) in [6.45, 7) is 4.24. The van der Waals surface area contributed by atoms with Gasteiger partial charge in [0.05, 0.1) is 11.4 Å². The number of nitrogens with one attached hydrogen (secondary N) is 1. The number of pyridine rings is 2. The van der Waals surface area contributed by atoms with Gasteiger partial charge in [0.1, 0.15) is 23.5 Å². The van der Waals surface area contributed by atoms with Crippen molar-refractivity contribution in [1.29, 1.82) is 0 Å². The molecule has 2 aromatic carbocycles. The SMILES string of the molecule is Cc1ccc(Nc2nccc3c(Cc4ncccc4-c4ncnc5c4N=CC5)c(C)ccc23)cc1. The van der Waals surface area contributed by atoms with E-state index in [0.717, 1.165) is 57.0 Å². The number of hydrogen-bond donors (Lipinski definition) is 1. The van der Waals surface area contributed by atoms with E-state index in [1.807, 2.05) is 24.7 Å². The molecule has 0 unspecified atom stereocenters. The third kappa shape index (κ3) is 3.93. The van der Waals surface area contributed by atoms with Crippen molar-refractivity contribution < 1.29 is 0 Å². The van der Waals surface area contributed by atoms with Crippen molar-refractivity contribution in [3.63, 3.8) is 0 Å². The fraction of sp³-hybridized carbons (Fsp3) is 0.138. The van der Waals surface area contributed by atoms with E-state index in [4.69, 9.17) is 4.98 Å². The molecule has 1 N–H and O–H groups in total. The van der Waals surface area contributed by atoms with Crippen molar-refractivity contribution in [1.82, 2.24) is 19.9 Å². The van der Waals surface area contributed by atoms with Crippen LogP contribution in [-0.4, -0.2) is 26.2 Å². The van der Waals surface area contributed by atoms with Gasteiger partial charge in [-0.05, 0) is 60.7 Å². The molecule has 6 rings (SSSR count). The molecular formula is C29H24N6. The van der Waals surface area contributed by atoms with Gasteiger partial charge in [-0.25, -0.2) is 15.0 Å². The molecule has 0 bridgehead atoms. The summed E-state index contributed by atoms with van der Waals surface area (Å²) in [6, 6.07) is 18.8. The molecule has 0 aliphatic carbocycles. The van der Waals surface area contributed by atoms with Crippen molar-refractivity contribution in [2.45, 2.75) is 26.7 Å². The average Bonchev–Trinajstić information content (AvgIpc) is 3.37. The lowest BCUT2D eigenvalue weighted by Crippen LogP contribution is -2.02. The molecule has 170 valence electrons. The van der Waals surface area contributed by atoms with Gasteiger partial charge >= 0.3 is 0 Å². The van der Waals surface area contributed by atoms with E-state index in [-0.39, 0.29) is 0 Å². The second kappa shape index (κ2) is 8.72.